The van der Waals surface area contributed by atoms with E-state index in [9.17, 15) is 5.11 Å². The number of phenolic OH excluding ortho intramolecular Hbond substituents is 1. The van der Waals surface area contributed by atoms with Crippen LogP contribution in [0.15, 0.2) is 97.3 Å². The van der Waals surface area contributed by atoms with Gasteiger partial charge >= 0.3 is 0 Å². The van der Waals surface area contributed by atoms with E-state index < -0.39 is 0 Å². The summed E-state index contributed by atoms with van der Waals surface area (Å²) in [6, 6.07) is 29.8. The molecule has 0 spiro atoms. The van der Waals surface area contributed by atoms with E-state index in [1.807, 2.05) is 48.5 Å². The molecule has 3 heterocycles. The Kier molecular flexibility index (Phi) is 3.96. The Labute approximate surface area is 194 Å². The van der Waals surface area contributed by atoms with Crippen LogP contribution < -0.4 is 4.74 Å². The molecule has 0 bridgehead atoms. The molecule has 162 valence electrons. The first-order valence-corrected chi connectivity index (χ1v) is 11.1. The van der Waals surface area contributed by atoms with Crippen molar-refractivity contribution in [2.24, 2.45) is 0 Å². The van der Waals surface area contributed by atoms with Crippen LogP contribution in [-0.4, -0.2) is 24.7 Å². The largest absolute Gasteiger partial charge is 0.508 e. The first-order chi connectivity index (χ1) is 16.8. The average Bonchev–Trinajstić information content (AvgIpc) is 3.32. The van der Waals surface area contributed by atoms with Crippen LogP contribution in [0, 0.1) is 0 Å². The van der Waals surface area contributed by atoms with Crippen LogP contribution in [0.4, 0.5) is 0 Å². The summed E-state index contributed by atoms with van der Waals surface area (Å²) in [6.45, 7) is 0. The smallest absolute Gasteiger partial charge is 0.228 e. The van der Waals surface area contributed by atoms with Crippen LogP contribution in [0.1, 0.15) is 22.6 Å². The molecule has 34 heavy (non-hydrogen) atoms. The third kappa shape index (κ3) is 2.79. The second-order valence-corrected chi connectivity index (χ2v) is 8.36. The first kappa shape index (κ1) is 18.8. The van der Waals surface area contributed by atoms with E-state index in [1.165, 1.54) is 0 Å². The van der Waals surface area contributed by atoms with Crippen LogP contribution in [-0.2, 0) is 0 Å². The lowest BCUT2D eigenvalue weighted by molar-refractivity contribution is 0.422. The highest BCUT2D eigenvalue weighted by Gasteiger charge is 2.33. The molecule has 0 unspecified atom stereocenters. The van der Waals surface area contributed by atoms with Gasteiger partial charge in [-0.25, -0.2) is 14.5 Å². The summed E-state index contributed by atoms with van der Waals surface area (Å²) in [4.78, 5) is 9.57. The highest BCUT2D eigenvalue weighted by atomic mass is 16.5. The number of rotatable bonds is 2. The van der Waals surface area contributed by atoms with Gasteiger partial charge in [-0.15, -0.1) is 5.10 Å². The van der Waals surface area contributed by atoms with Gasteiger partial charge in [-0.3, -0.25) is 0 Å². The van der Waals surface area contributed by atoms with Crippen LogP contribution in [0.5, 0.6) is 17.4 Å². The molecule has 7 rings (SSSR count). The van der Waals surface area contributed by atoms with E-state index >= 15 is 0 Å². The Morgan fingerprint density at radius 1 is 0.853 bits per heavy atom. The predicted octanol–water partition coefficient (Wildman–Crippen LogP) is 5.94. The second kappa shape index (κ2) is 7.15. The summed E-state index contributed by atoms with van der Waals surface area (Å²) < 4.78 is 7.87. The van der Waals surface area contributed by atoms with Gasteiger partial charge in [0.25, 0.3) is 0 Å². The highest BCUT2D eigenvalue weighted by molar-refractivity contribution is 5.95. The van der Waals surface area contributed by atoms with Gasteiger partial charge in [0.05, 0.1) is 5.56 Å². The van der Waals surface area contributed by atoms with E-state index in [2.05, 4.69) is 35.3 Å². The zero-order valence-corrected chi connectivity index (χ0v) is 18.0. The Morgan fingerprint density at radius 2 is 1.68 bits per heavy atom. The van der Waals surface area contributed by atoms with Crippen molar-refractivity contribution >= 4 is 16.4 Å². The van der Waals surface area contributed by atoms with E-state index in [0.717, 1.165) is 33.0 Å². The maximum atomic E-state index is 10.1. The molecule has 0 aliphatic carbocycles. The molecule has 0 saturated heterocycles. The SMILES string of the molecule is Oc1ccc2c(c1)Oc1ncn3nc(-c4cccc5ccccc45)nc3c1[C@H]2c1ccccc1. The molecule has 1 atom stereocenters. The summed E-state index contributed by atoms with van der Waals surface area (Å²) in [7, 11) is 0. The number of phenols is 1. The summed E-state index contributed by atoms with van der Waals surface area (Å²) in [5.74, 6) is 1.68. The van der Waals surface area contributed by atoms with E-state index in [0.29, 0.717) is 23.1 Å². The molecule has 0 fully saturated rings. The molecule has 1 N–H and O–H groups in total. The molecule has 6 aromatic rings. The van der Waals surface area contributed by atoms with Gasteiger partial charge in [0.2, 0.25) is 5.88 Å². The molecular weight excluding hydrogens is 424 g/mol. The molecule has 6 nitrogen and oxygen atoms in total. The fourth-order valence-electron chi connectivity index (χ4n) is 4.83. The second-order valence-electron chi connectivity index (χ2n) is 8.36. The molecule has 0 saturated carbocycles. The van der Waals surface area contributed by atoms with Crippen LogP contribution >= 0.6 is 0 Å². The molecular formula is C28H18N4O2. The predicted molar refractivity (Wildman–Crippen MR) is 129 cm³/mol. The first-order valence-electron chi connectivity index (χ1n) is 11.1. The number of fused-ring (bicyclic) bond motifs is 5. The minimum Gasteiger partial charge on any atom is -0.508 e. The maximum Gasteiger partial charge on any atom is 0.228 e. The number of ether oxygens (including phenoxy) is 1. The van der Waals surface area contributed by atoms with Gasteiger partial charge < -0.3 is 9.84 Å². The summed E-state index contributed by atoms with van der Waals surface area (Å²) in [6.07, 6.45) is 1.63. The monoisotopic (exact) mass is 442 g/mol. The highest BCUT2D eigenvalue weighted by Crippen LogP contribution is 2.48. The van der Waals surface area contributed by atoms with Gasteiger partial charge in [-0.2, -0.15) is 0 Å². The molecule has 0 radical (unpaired) electrons. The Balaban J connectivity index is 1.50. The van der Waals surface area contributed by atoms with Crippen molar-refractivity contribution in [1.29, 1.82) is 0 Å². The fourth-order valence-corrected chi connectivity index (χ4v) is 4.83. The summed E-state index contributed by atoms with van der Waals surface area (Å²) in [5.41, 5.74) is 4.55. The van der Waals surface area contributed by atoms with Gasteiger partial charge in [-0.05, 0) is 22.4 Å². The molecule has 6 heteroatoms. The third-order valence-electron chi connectivity index (χ3n) is 6.35. The summed E-state index contributed by atoms with van der Waals surface area (Å²) >= 11 is 0. The average molecular weight is 442 g/mol. The van der Waals surface area contributed by atoms with Crippen molar-refractivity contribution < 1.29 is 9.84 Å². The standard InChI is InChI=1S/C28H18N4O2/c33-19-13-14-22-23(15-19)34-28-25(24(22)18-8-2-1-3-9-18)27-30-26(31-32(27)16-29-28)21-12-6-10-17-7-4-5-11-20(17)21/h1-16,24,33H/t24-/m0/s1. The van der Waals surface area contributed by atoms with Gasteiger partial charge in [-0.1, -0.05) is 78.9 Å². The Hall–Kier alpha value is -4.71. The fraction of sp³-hybridized carbons (Fsp3) is 0.0357. The third-order valence-corrected chi connectivity index (χ3v) is 6.35. The van der Waals surface area contributed by atoms with Gasteiger partial charge in [0.15, 0.2) is 11.5 Å². The van der Waals surface area contributed by atoms with Crippen molar-refractivity contribution in [3.8, 4) is 28.8 Å². The molecule has 0 amide bonds. The van der Waals surface area contributed by atoms with E-state index in [-0.39, 0.29) is 11.7 Å². The number of aromatic hydroxyl groups is 1. The van der Waals surface area contributed by atoms with Crippen molar-refractivity contribution in [2.45, 2.75) is 5.92 Å². The quantitative estimate of drug-likeness (QED) is 0.359. The number of hydrogen-bond donors (Lipinski definition) is 1. The van der Waals surface area contributed by atoms with Crippen molar-refractivity contribution in [1.82, 2.24) is 19.6 Å². The van der Waals surface area contributed by atoms with Crippen LogP contribution in [0.3, 0.4) is 0 Å². The minimum absolute atomic E-state index is 0.149. The Morgan fingerprint density at radius 3 is 2.59 bits per heavy atom. The zero-order chi connectivity index (χ0) is 22.6. The number of nitrogens with zero attached hydrogens (tertiary/aromatic N) is 4. The zero-order valence-electron chi connectivity index (χ0n) is 18.0. The number of aromatic nitrogens is 4. The Bertz CT molecular complexity index is 1700. The van der Waals surface area contributed by atoms with Crippen molar-refractivity contribution in [2.75, 3.05) is 0 Å². The number of hydrogen-bond acceptors (Lipinski definition) is 5. The topological polar surface area (TPSA) is 72.5 Å². The molecule has 1 aliphatic heterocycles. The minimum atomic E-state index is -0.165. The lowest BCUT2D eigenvalue weighted by atomic mass is 9.84. The van der Waals surface area contributed by atoms with Crippen molar-refractivity contribution in [3.63, 3.8) is 0 Å². The van der Waals surface area contributed by atoms with Crippen LogP contribution in [0.25, 0.3) is 27.8 Å². The summed E-state index contributed by atoms with van der Waals surface area (Å²) in [5, 5.41) is 17.1. The molecule has 2 aromatic heterocycles. The lowest BCUT2D eigenvalue weighted by Gasteiger charge is -2.27. The van der Waals surface area contributed by atoms with Crippen molar-refractivity contribution in [3.05, 3.63) is 114 Å². The lowest BCUT2D eigenvalue weighted by Crippen LogP contribution is -2.14. The van der Waals surface area contributed by atoms with E-state index in [4.69, 9.17) is 14.8 Å². The van der Waals surface area contributed by atoms with Gasteiger partial charge in [0.1, 0.15) is 17.8 Å². The molecule has 4 aromatic carbocycles. The van der Waals surface area contributed by atoms with E-state index in [1.54, 1.807) is 23.0 Å². The molecule has 1 aliphatic rings. The number of benzene rings is 4. The van der Waals surface area contributed by atoms with Crippen LogP contribution in [0.2, 0.25) is 0 Å². The maximum absolute atomic E-state index is 10.1. The normalized spacial score (nSPS) is 14.5. The van der Waals surface area contributed by atoms with Gasteiger partial charge in [0, 0.05) is 23.1 Å².